The van der Waals surface area contributed by atoms with Crippen LogP contribution in [-0.2, 0) is 12.8 Å². The number of hydrogen-bond donors (Lipinski definition) is 2. The molecule has 5 heteroatoms. The number of aliphatic imine (C=N–C) groups is 1. The zero-order valence-corrected chi connectivity index (χ0v) is 10.9. The minimum absolute atomic E-state index is 0.677. The maximum Gasteiger partial charge on any atom is 0.171 e. The minimum atomic E-state index is -0.726. The first-order valence-corrected chi connectivity index (χ1v) is 6.81. The van der Waals surface area contributed by atoms with Crippen LogP contribution in [0.4, 0.5) is 5.00 Å². The van der Waals surface area contributed by atoms with Crippen LogP contribution in [0.15, 0.2) is 4.99 Å². The van der Waals surface area contributed by atoms with E-state index >= 15 is 0 Å². The van der Waals surface area contributed by atoms with Gasteiger partial charge in [0.25, 0.3) is 0 Å². The zero-order valence-electron chi connectivity index (χ0n) is 10.1. The van der Waals surface area contributed by atoms with E-state index in [9.17, 15) is 5.11 Å². The van der Waals surface area contributed by atoms with Crippen LogP contribution < -0.4 is 5.84 Å². The molecule has 0 radical (unpaired) electrons. The largest absolute Gasteiger partial charge is 0.368 e. The molecule has 92 valence electrons. The molecule has 0 bridgehead atoms. The lowest BCUT2D eigenvalue weighted by atomic mass is 9.88. The van der Waals surface area contributed by atoms with Crippen LogP contribution in [0.2, 0.25) is 0 Å². The van der Waals surface area contributed by atoms with Gasteiger partial charge in [-0.15, -0.1) is 11.3 Å². The molecule has 1 aromatic rings. The van der Waals surface area contributed by atoms with Crippen molar-refractivity contribution in [3.05, 3.63) is 16.0 Å². The van der Waals surface area contributed by atoms with Gasteiger partial charge in [-0.3, -0.25) is 5.01 Å². The molecule has 3 N–H and O–H groups in total. The Morgan fingerprint density at radius 1 is 1.53 bits per heavy atom. The molecule has 2 aliphatic rings. The molecule has 17 heavy (non-hydrogen) atoms. The molecular weight excluding hydrogens is 234 g/mol. The molecule has 4 nitrogen and oxygen atoms in total. The predicted octanol–water partition coefficient (Wildman–Crippen LogP) is 2.10. The lowest BCUT2D eigenvalue weighted by Gasteiger charge is -2.29. The second-order valence-electron chi connectivity index (χ2n) is 5.01. The van der Waals surface area contributed by atoms with Gasteiger partial charge in [0.15, 0.2) is 6.23 Å². The van der Waals surface area contributed by atoms with Crippen LogP contribution in [-0.4, -0.2) is 16.0 Å². The summed E-state index contributed by atoms with van der Waals surface area (Å²) in [5.74, 6) is 7.23. The van der Waals surface area contributed by atoms with Crippen molar-refractivity contribution in [2.24, 2.45) is 16.8 Å². The number of fused-ring (bicyclic) bond motifs is 3. The number of nitrogens with zero attached hydrogens (tertiary/aromatic N) is 2. The van der Waals surface area contributed by atoms with Crippen LogP contribution in [0, 0.1) is 5.92 Å². The van der Waals surface area contributed by atoms with E-state index in [4.69, 9.17) is 5.84 Å². The van der Waals surface area contributed by atoms with E-state index in [0.29, 0.717) is 5.84 Å². The van der Waals surface area contributed by atoms with Crippen molar-refractivity contribution in [1.82, 2.24) is 5.01 Å². The van der Waals surface area contributed by atoms with Crippen LogP contribution >= 0.6 is 11.3 Å². The monoisotopic (exact) mass is 251 g/mol. The molecule has 2 heterocycles. The maximum absolute atomic E-state index is 10.2. The van der Waals surface area contributed by atoms with Crippen LogP contribution in [0.3, 0.4) is 0 Å². The summed E-state index contributed by atoms with van der Waals surface area (Å²) in [6.07, 6.45) is 2.62. The summed E-state index contributed by atoms with van der Waals surface area (Å²) in [5.41, 5.74) is 2.24. The number of aliphatic hydroxyl groups excluding tert-OH is 1. The van der Waals surface area contributed by atoms with Gasteiger partial charge in [0, 0.05) is 10.4 Å². The standard InChI is InChI=1S/C12H17N3OS/c1-6-3-4-8-9(5-6)17-11-10(8)12(16)15(13)7(2)14-11/h6,12,16H,3-5,13H2,1-2H3. The average Bonchev–Trinajstić information content (AvgIpc) is 2.63. The fourth-order valence-electron chi connectivity index (χ4n) is 2.63. The van der Waals surface area contributed by atoms with Crippen molar-refractivity contribution < 1.29 is 5.11 Å². The first-order chi connectivity index (χ1) is 8.08. The lowest BCUT2D eigenvalue weighted by Crippen LogP contribution is -2.41. The molecule has 0 amide bonds. The molecule has 0 saturated carbocycles. The highest BCUT2D eigenvalue weighted by molar-refractivity contribution is 7.16. The molecule has 1 aliphatic carbocycles. The van der Waals surface area contributed by atoms with E-state index in [2.05, 4.69) is 11.9 Å². The second kappa shape index (κ2) is 3.80. The van der Waals surface area contributed by atoms with E-state index in [0.717, 1.165) is 29.3 Å². The summed E-state index contributed by atoms with van der Waals surface area (Å²) in [4.78, 5) is 5.87. The number of amidine groups is 1. The van der Waals surface area contributed by atoms with Crippen LogP contribution in [0.25, 0.3) is 0 Å². The third-order valence-corrected chi connectivity index (χ3v) is 4.86. The molecule has 3 rings (SSSR count). The topological polar surface area (TPSA) is 61.9 Å². The van der Waals surface area contributed by atoms with Gasteiger partial charge in [0.1, 0.15) is 10.8 Å². The summed E-state index contributed by atoms with van der Waals surface area (Å²) in [6.45, 7) is 4.11. The van der Waals surface area contributed by atoms with Gasteiger partial charge >= 0.3 is 0 Å². The fraction of sp³-hybridized carbons (Fsp3) is 0.583. The smallest absolute Gasteiger partial charge is 0.171 e. The van der Waals surface area contributed by atoms with Crippen molar-refractivity contribution in [3.8, 4) is 0 Å². The van der Waals surface area contributed by atoms with E-state index in [1.54, 1.807) is 11.3 Å². The number of rotatable bonds is 0. The average molecular weight is 251 g/mol. The van der Waals surface area contributed by atoms with Crippen molar-refractivity contribution in [2.45, 2.75) is 39.3 Å². The second-order valence-corrected chi connectivity index (χ2v) is 6.09. The summed E-state index contributed by atoms with van der Waals surface area (Å²) in [5, 5.41) is 12.5. The minimum Gasteiger partial charge on any atom is -0.368 e. The Morgan fingerprint density at radius 2 is 2.29 bits per heavy atom. The number of hydrazine groups is 1. The molecule has 0 fully saturated rings. The van der Waals surface area contributed by atoms with E-state index in [1.807, 2.05) is 6.92 Å². The summed E-state index contributed by atoms with van der Waals surface area (Å²) in [7, 11) is 0. The highest BCUT2D eigenvalue weighted by atomic mass is 32.1. The van der Waals surface area contributed by atoms with Crippen molar-refractivity contribution in [2.75, 3.05) is 0 Å². The normalized spacial score (nSPS) is 27.5. The van der Waals surface area contributed by atoms with Gasteiger partial charge in [0.05, 0.1) is 0 Å². The summed E-state index contributed by atoms with van der Waals surface area (Å²) in [6, 6.07) is 0. The Kier molecular flexibility index (Phi) is 2.50. The highest BCUT2D eigenvalue weighted by Gasteiger charge is 2.32. The van der Waals surface area contributed by atoms with E-state index in [1.165, 1.54) is 21.9 Å². The fourth-order valence-corrected chi connectivity index (χ4v) is 4.08. The molecular formula is C12H17N3OS. The lowest BCUT2D eigenvalue weighted by molar-refractivity contribution is 0.0493. The van der Waals surface area contributed by atoms with Gasteiger partial charge in [-0.1, -0.05) is 6.92 Å². The Bertz CT molecular complexity index is 494. The molecule has 2 atom stereocenters. The molecule has 0 saturated heterocycles. The predicted molar refractivity (Wildman–Crippen MR) is 69.3 cm³/mol. The van der Waals surface area contributed by atoms with E-state index < -0.39 is 6.23 Å². The van der Waals surface area contributed by atoms with Gasteiger partial charge in [-0.25, -0.2) is 10.8 Å². The third-order valence-electron chi connectivity index (χ3n) is 3.69. The summed E-state index contributed by atoms with van der Waals surface area (Å²) >= 11 is 1.72. The first kappa shape index (κ1) is 11.2. The van der Waals surface area contributed by atoms with Crippen molar-refractivity contribution in [1.29, 1.82) is 0 Å². The summed E-state index contributed by atoms with van der Waals surface area (Å²) < 4.78 is 0. The van der Waals surface area contributed by atoms with Crippen LogP contribution in [0.1, 0.15) is 42.5 Å². The molecule has 0 spiro atoms. The number of nitrogens with two attached hydrogens (primary N) is 1. The third kappa shape index (κ3) is 1.61. The number of thiophene rings is 1. The highest BCUT2D eigenvalue weighted by Crippen LogP contribution is 2.46. The van der Waals surface area contributed by atoms with Gasteiger partial charge < -0.3 is 5.11 Å². The Labute approximate surface area is 105 Å². The first-order valence-electron chi connectivity index (χ1n) is 5.99. The number of hydrogen-bond acceptors (Lipinski definition) is 5. The molecule has 2 unspecified atom stereocenters. The maximum atomic E-state index is 10.2. The quantitative estimate of drug-likeness (QED) is 0.694. The molecule has 1 aromatic heterocycles. The van der Waals surface area contributed by atoms with Gasteiger partial charge in [-0.05, 0) is 37.7 Å². The van der Waals surface area contributed by atoms with Crippen molar-refractivity contribution in [3.63, 3.8) is 0 Å². The zero-order chi connectivity index (χ0) is 12.2. The Hall–Kier alpha value is -0.910. The van der Waals surface area contributed by atoms with Gasteiger partial charge in [0.2, 0.25) is 0 Å². The van der Waals surface area contributed by atoms with E-state index in [-0.39, 0.29) is 0 Å². The molecule has 1 aliphatic heterocycles. The SMILES string of the molecule is CC1=Nc2sc3c(c2C(O)N1N)CCC(C)C3. The number of aliphatic hydroxyl groups is 1. The van der Waals surface area contributed by atoms with Gasteiger partial charge in [-0.2, -0.15) is 0 Å². The van der Waals surface area contributed by atoms with Crippen molar-refractivity contribution >= 4 is 22.2 Å². The Morgan fingerprint density at radius 3 is 3.06 bits per heavy atom. The van der Waals surface area contributed by atoms with Crippen LogP contribution in [0.5, 0.6) is 0 Å². The Balaban J connectivity index is 2.13. The molecule has 0 aromatic carbocycles.